The van der Waals surface area contributed by atoms with Crippen LogP contribution in [0, 0.1) is 11.3 Å². The number of nitrogens with zero attached hydrogens (tertiary/aromatic N) is 1. The van der Waals surface area contributed by atoms with Crippen molar-refractivity contribution < 1.29 is 9.53 Å². The summed E-state index contributed by atoms with van der Waals surface area (Å²) >= 11 is 1.48. The summed E-state index contributed by atoms with van der Waals surface area (Å²) in [5.41, 5.74) is 1.77. The molecule has 2 atom stereocenters. The average Bonchev–Trinajstić information content (AvgIpc) is 2.65. The zero-order valence-electron chi connectivity index (χ0n) is 17.0. The van der Waals surface area contributed by atoms with Crippen molar-refractivity contribution >= 4 is 23.4 Å². The number of carbonyl (C=O) groups is 1. The second-order valence-corrected chi connectivity index (χ2v) is 9.41. The summed E-state index contributed by atoms with van der Waals surface area (Å²) in [5.74, 6) is 1.32. The summed E-state index contributed by atoms with van der Waals surface area (Å²) in [6.45, 7) is 6.11. The van der Waals surface area contributed by atoms with Gasteiger partial charge in [0.1, 0.15) is 17.4 Å². The van der Waals surface area contributed by atoms with E-state index in [-0.39, 0.29) is 16.8 Å². The van der Waals surface area contributed by atoms with Crippen LogP contribution in [0.3, 0.4) is 0 Å². The molecular formula is C22H25N3O3S. The second-order valence-electron chi connectivity index (χ2n) is 8.15. The highest BCUT2D eigenvalue weighted by Gasteiger charge is 2.45. The summed E-state index contributed by atoms with van der Waals surface area (Å²) in [7, 11) is 1.61. The molecule has 0 unspecified atom stereocenters. The number of methoxy groups -OCH3 is 1. The molecule has 2 N–H and O–H groups in total. The van der Waals surface area contributed by atoms with Gasteiger partial charge in [0.25, 0.3) is 5.56 Å². The standard InChI is InChI=1S/C22H25N3O3S/c1-5-29-21-24-19-18(20(27)25-21)16(12-7-6-8-13(9-12)28-4)17-14(23-19)10-22(2,3)11-15(17)26/h6-10,16-17H,5,11H2,1-4H3,(H2,23,24,25,27)/t16-,17-/m0/s1. The Bertz CT molecular complexity index is 1060. The number of thioether (sulfide) groups is 1. The number of benzene rings is 1. The minimum atomic E-state index is -0.435. The molecule has 1 aliphatic carbocycles. The first kappa shape index (κ1) is 19.8. The van der Waals surface area contributed by atoms with Crippen molar-refractivity contribution in [2.45, 2.75) is 38.3 Å². The summed E-state index contributed by atoms with van der Waals surface area (Å²) in [6, 6.07) is 7.59. The minimum absolute atomic E-state index is 0.130. The number of hydrogen-bond acceptors (Lipinski definition) is 6. The highest BCUT2D eigenvalue weighted by molar-refractivity contribution is 7.99. The van der Waals surface area contributed by atoms with Crippen molar-refractivity contribution in [2.75, 3.05) is 18.2 Å². The van der Waals surface area contributed by atoms with Crippen molar-refractivity contribution in [3.63, 3.8) is 0 Å². The van der Waals surface area contributed by atoms with E-state index >= 15 is 0 Å². The van der Waals surface area contributed by atoms with E-state index in [1.165, 1.54) is 11.8 Å². The molecule has 0 saturated heterocycles. The van der Waals surface area contributed by atoms with E-state index in [9.17, 15) is 9.59 Å². The van der Waals surface area contributed by atoms with Crippen LogP contribution in [0.25, 0.3) is 0 Å². The predicted octanol–water partition coefficient (Wildman–Crippen LogP) is 3.95. The van der Waals surface area contributed by atoms with Gasteiger partial charge in [-0.2, -0.15) is 0 Å². The number of Topliss-reactive ketones (excluding diaryl/α,β-unsaturated/α-hetero) is 1. The first-order valence-corrected chi connectivity index (χ1v) is 10.7. The largest absolute Gasteiger partial charge is 0.497 e. The maximum absolute atomic E-state index is 13.2. The van der Waals surface area contributed by atoms with Crippen LogP contribution in [-0.4, -0.2) is 28.6 Å². The topological polar surface area (TPSA) is 84.1 Å². The zero-order chi connectivity index (χ0) is 20.8. The molecular weight excluding hydrogens is 386 g/mol. The fourth-order valence-corrected chi connectivity index (χ4v) is 4.92. The first-order valence-electron chi connectivity index (χ1n) is 9.76. The van der Waals surface area contributed by atoms with Gasteiger partial charge in [-0.05, 0) is 28.9 Å². The average molecular weight is 412 g/mol. The van der Waals surface area contributed by atoms with Gasteiger partial charge in [-0.3, -0.25) is 9.59 Å². The lowest BCUT2D eigenvalue weighted by Gasteiger charge is -2.40. The van der Waals surface area contributed by atoms with E-state index in [1.54, 1.807) is 7.11 Å². The summed E-state index contributed by atoms with van der Waals surface area (Å²) in [5, 5.41) is 3.89. The van der Waals surface area contributed by atoms with E-state index < -0.39 is 11.8 Å². The third-order valence-electron chi connectivity index (χ3n) is 5.43. The molecule has 0 saturated carbocycles. The molecule has 2 heterocycles. The lowest BCUT2D eigenvalue weighted by Crippen LogP contribution is -2.41. The van der Waals surface area contributed by atoms with E-state index in [1.807, 2.05) is 31.2 Å². The summed E-state index contributed by atoms with van der Waals surface area (Å²) in [6.07, 6.45) is 2.55. The number of ether oxygens (including phenoxy) is 1. The van der Waals surface area contributed by atoms with Crippen molar-refractivity contribution in [3.05, 3.63) is 57.5 Å². The highest BCUT2D eigenvalue weighted by atomic mass is 32.2. The molecule has 0 amide bonds. The first-order chi connectivity index (χ1) is 13.8. The Hall–Kier alpha value is -2.54. The van der Waals surface area contributed by atoms with Gasteiger partial charge in [-0.15, -0.1) is 0 Å². The third-order valence-corrected chi connectivity index (χ3v) is 6.19. The van der Waals surface area contributed by atoms with Crippen LogP contribution in [0.2, 0.25) is 0 Å². The van der Waals surface area contributed by atoms with Crippen molar-refractivity contribution in [1.29, 1.82) is 0 Å². The number of fused-ring (bicyclic) bond motifs is 2. The molecule has 152 valence electrons. The molecule has 4 rings (SSSR count). The molecule has 1 aromatic heterocycles. The summed E-state index contributed by atoms with van der Waals surface area (Å²) in [4.78, 5) is 33.9. The lowest BCUT2D eigenvalue weighted by atomic mass is 9.67. The molecule has 0 radical (unpaired) electrons. The molecule has 2 aromatic rings. The fourth-order valence-electron chi connectivity index (χ4n) is 4.32. The number of aromatic amines is 1. The highest BCUT2D eigenvalue weighted by Crippen LogP contribution is 2.48. The number of allylic oxidation sites excluding steroid dienone is 2. The van der Waals surface area contributed by atoms with Crippen LogP contribution in [0.4, 0.5) is 5.82 Å². The number of H-pyrrole nitrogens is 1. The number of ketones is 1. The van der Waals surface area contributed by atoms with Gasteiger partial charge >= 0.3 is 0 Å². The number of hydrogen-bond donors (Lipinski definition) is 2. The predicted molar refractivity (Wildman–Crippen MR) is 115 cm³/mol. The molecule has 29 heavy (non-hydrogen) atoms. The molecule has 0 bridgehead atoms. The molecule has 0 fully saturated rings. The van der Waals surface area contributed by atoms with E-state index in [0.29, 0.717) is 28.7 Å². The number of nitrogens with one attached hydrogen (secondary N) is 2. The Morgan fingerprint density at radius 3 is 2.79 bits per heavy atom. The molecule has 7 heteroatoms. The number of aromatic nitrogens is 2. The van der Waals surface area contributed by atoms with Gasteiger partial charge < -0.3 is 15.0 Å². The Morgan fingerprint density at radius 2 is 2.07 bits per heavy atom. The quantitative estimate of drug-likeness (QED) is 0.585. The maximum Gasteiger partial charge on any atom is 0.257 e. The Kier molecular flexibility index (Phi) is 5.02. The number of rotatable bonds is 4. The molecule has 2 aliphatic rings. The van der Waals surface area contributed by atoms with Crippen LogP contribution in [0.15, 0.2) is 46.0 Å². The summed E-state index contributed by atoms with van der Waals surface area (Å²) < 4.78 is 5.39. The minimum Gasteiger partial charge on any atom is -0.497 e. The van der Waals surface area contributed by atoms with Gasteiger partial charge in [-0.1, -0.05) is 50.7 Å². The van der Waals surface area contributed by atoms with Gasteiger partial charge in [-0.25, -0.2) is 4.98 Å². The van der Waals surface area contributed by atoms with Crippen molar-refractivity contribution in [3.8, 4) is 5.75 Å². The van der Waals surface area contributed by atoms with Crippen molar-refractivity contribution in [2.24, 2.45) is 11.3 Å². The van der Waals surface area contributed by atoms with Crippen LogP contribution in [0.5, 0.6) is 5.75 Å². The van der Waals surface area contributed by atoms with E-state index in [2.05, 4.69) is 35.2 Å². The molecule has 0 spiro atoms. The maximum atomic E-state index is 13.2. The second kappa shape index (κ2) is 7.37. The van der Waals surface area contributed by atoms with Crippen LogP contribution in [-0.2, 0) is 4.79 Å². The number of anilines is 1. The van der Waals surface area contributed by atoms with Gasteiger partial charge in [0.05, 0.1) is 18.6 Å². The van der Waals surface area contributed by atoms with Gasteiger partial charge in [0, 0.05) is 18.0 Å². The van der Waals surface area contributed by atoms with Crippen LogP contribution >= 0.6 is 11.8 Å². The fraction of sp³-hybridized carbons (Fsp3) is 0.409. The smallest absolute Gasteiger partial charge is 0.257 e. The van der Waals surface area contributed by atoms with Crippen LogP contribution < -0.4 is 15.6 Å². The van der Waals surface area contributed by atoms with E-state index in [0.717, 1.165) is 17.0 Å². The Labute approximate surface area is 174 Å². The zero-order valence-corrected chi connectivity index (χ0v) is 17.9. The third kappa shape index (κ3) is 3.59. The molecule has 6 nitrogen and oxygen atoms in total. The Morgan fingerprint density at radius 1 is 1.28 bits per heavy atom. The van der Waals surface area contributed by atoms with Crippen LogP contribution in [0.1, 0.15) is 44.2 Å². The van der Waals surface area contributed by atoms with Gasteiger partial charge in [0.2, 0.25) is 0 Å². The van der Waals surface area contributed by atoms with Gasteiger partial charge in [0.15, 0.2) is 5.16 Å². The normalized spacial score (nSPS) is 22.2. The number of carbonyl (C=O) groups excluding carboxylic acids is 1. The van der Waals surface area contributed by atoms with Crippen molar-refractivity contribution in [1.82, 2.24) is 9.97 Å². The molecule has 1 aliphatic heterocycles. The SMILES string of the molecule is CCSc1nc2c(c(=O)[nH]1)[C@@H](c1cccc(OC)c1)[C@@H]1C(=O)CC(C)(C)C=C1N2. The van der Waals surface area contributed by atoms with E-state index in [4.69, 9.17) is 4.74 Å². The monoisotopic (exact) mass is 411 g/mol. The lowest BCUT2D eigenvalue weighted by molar-refractivity contribution is -0.124. The molecule has 1 aromatic carbocycles. The Balaban J connectivity index is 1.96.